The van der Waals surface area contributed by atoms with Gasteiger partial charge in [0.05, 0.1) is 0 Å². The predicted octanol–water partition coefficient (Wildman–Crippen LogP) is 4.42. The highest BCUT2D eigenvalue weighted by Crippen LogP contribution is 2.29. The summed E-state index contributed by atoms with van der Waals surface area (Å²) >= 11 is 0. The van der Waals surface area contributed by atoms with Crippen molar-refractivity contribution in [1.82, 2.24) is 0 Å². The number of pyridine rings is 1. The van der Waals surface area contributed by atoms with Crippen LogP contribution in [-0.2, 0) is 7.05 Å². The summed E-state index contributed by atoms with van der Waals surface area (Å²) in [5.74, 6) is 0. The van der Waals surface area contributed by atoms with Gasteiger partial charge in [-0.05, 0) is 36.6 Å². The highest BCUT2D eigenvalue weighted by Gasteiger charge is 2.43. The van der Waals surface area contributed by atoms with Crippen molar-refractivity contribution in [2.24, 2.45) is 7.05 Å². The smallest absolute Gasteiger partial charge is 0.201 e. The molecule has 0 spiro atoms. The number of fused-ring (bicyclic) bond motifs is 2. The zero-order chi connectivity index (χ0) is 23.5. The number of aromatic nitrogens is 1. The summed E-state index contributed by atoms with van der Waals surface area (Å²) in [5.41, 5.74) is 7.90. The van der Waals surface area contributed by atoms with Gasteiger partial charge in [0.15, 0.2) is 6.20 Å². The first-order valence-electron chi connectivity index (χ1n) is 11.9. The molecular weight excluding hydrogens is 431 g/mol. The van der Waals surface area contributed by atoms with E-state index >= 15 is 0 Å². The fraction of sp³-hybridized carbons (Fsp3) is 0.233. The van der Waals surface area contributed by atoms with E-state index in [1.54, 1.807) is 20.7 Å². The molecule has 1 aliphatic heterocycles. The zero-order valence-corrected chi connectivity index (χ0v) is 23.0. The second-order valence-corrected chi connectivity index (χ2v) is 19.4. The Bertz CT molecular complexity index is 1400. The van der Waals surface area contributed by atoms with Crippen LogP contribution in [-0.4, -0.2) is 16.1 Å². The minimum Gasteiger partial charge on any atom is -0.201 e. The van der Waals surface area contributed by atoms with Crippen molar-refractivity contribution in [1.29, 1.82) is 0 Å². The van der Waals surface area contributed by atoms with Gasteiger partial charge in [0.25, 0.3) is 0 Å². The standard InChI is InChI=1S/C30H34NSi2/c1-21-12-8-9-13-24(21)26-19-25(22(2)20-31(26)3)23-16-17-29-30(18-23)33(6,7)28-15-11-10-14-27(28)32(29,4)5/h8-20H,1-7H3/q+1. The fourth-order valence-corrected chi connectivity index (χ4v) is 15.2. The van der Waals surface area contributed by atoms with Crippen LogP contribution < -0.4 is 25.3 Å². The molecule has 4 aromatic rings. The topological polar surface area (TPSA) is 3.88 Å². The van der Waals surface area contributed by atoms with Gasteiger partial charge >= 0.3 is 0 Å². The van der Waals surface area contributed by atoms with E-state index in [9.17, 15) is 0 Å². The molecule has 3 aromatic carbocycles. The molecule has 166 valence electrons. The van der Waals surface area contributed by atoms with Gasteiger partial charge in [0.2, 0.25) is 5.69 Å². The van der Waals surface area contributed by atoms with Crippen molar-refractivity contribution >= 4 is 36.9 Å². The second kappa shape index (κ2) is 7.64. The minimum atomic E-state index is -1.77. The van der Waals surface area contributed by atoms with Gasteiger partial charge in [-0.3, -0.25) is 0 Å². The van der Waals surface area contributed by atoms with Crippen LogP contribution >= 0.6 is 0 Å². The molecule has 0 unspecified atom stereocenters. The van der Waals surface area contributed by atoms with E-state index in [1.165, 1.54) is 33.5 Å². The molecule has 2 heterocycles. The normalized spacial score (nSPS) is 15.6. The maximum Gasteiger partial charge on any atom is 0.213 e. The first-order valence-corrected chi connectivity index (χ1v) is 17.9. The Morgan fingerprint density at radius 1 is 0.576 bits per heavy atom. The Kier molecular flexibility index (Phi) is 5.11. The SMILES string of the molecule is Cc1c[n+](C)c(-c2ccccc2C)cc1-c1ccc2c(c1)[Si](C)(C)c1ccccc1[Si]2(C)C. The van der Waals surface area contributed by atoms with E-state index in [2.05, 4.69) is 131 Å². The van der Waals surface area contributed by atoms with E-state index in [4.69, 9.17) is 0 Å². The minimum absolute atomic E-state index is 1.27. The highest BCUT2D eigenvalue weighted by atomic mass is 28.3. The van der Waals surface area contributed by atoms with Crippen LogP contribution in [0.1, 0.15) is 11.1 Å². The van der Waals surface area contributed by atoms with Crippen molar-refractivity contribution in [3.63, 3.8) is 0 Å². The van der Waals surface area contributed by atoms with Crippen LogP contribution in [0.15, 0.2) is 79.0 Å². The predicted molar refractivity (Wildman–Crippen MR) is 148 cm³/mol. The fourth-order valence-electron chi connectivity index (χ4n) is 5.86. The lowest BCUT2D eigenvalue weighted by Gasteiger charge is -2.42. The van der Waals surface area contributed by atoms with Gasteiger partial charge in [-0.25, -0.2) is 4.57 Å². The van der Waals surface area contributed by atoms with Crippen molar-refractivity contribution < 1.29 is 4.57 Å². The van der Waals surface area contributed by atoms with E-state index in [0.717, 1.165) is 0 Å². The molecule has 3 heteroatoms. The molecule has 0 radical (unpaired) electrons. The zero-order valence-electron chi connectivity index (χ0n) is 21.0. The number of rotatable bonds is 2. The van der Waals surface area contributed by atoms with Crippen LogP contribution in [0.2, 0.25) is 26.2 Å². The molecule has 0 N–H and O–H groups in total. The summed E-state index contributed by atoms with van der Waals surface area (Å²) in [6.07, 6.45) is 2.28. The first-order chi connectivity index (χ1) is 15.6. The summed E-state index contributed by atoms with van der Waals surface area (Å²) in [4.78, 5) is 0. The van der Waals surface area contributed by atoms with Crippen molar-refractivity contribution in [3.05, 3.63) is 90.1 Å². The van der Waals surface area contributed by atoms with Gasteiger partial charge in [-0.15, -0.1) is 0 Å². The lowest BCUT2D eigenvalue weighted by Crippen LogP contribution is -2.77. The summed E-state index contributed by atoms with van der Waals surface area (Å²) in [6, 6.07) is 27.8. The highest BCUT2D eigenvalue weighted by molar-refractivity contribution is 7.16. The van der Waals surface area contributed by atoms with Crippen LogP contribution in [0.25, 0.3) is 22.4 Å². The monoisotopic (exact) mass is 464 g/mol. The molecule has 1 aromatic heterocycles. The van der Waals surface area contributed by atoms with E-state index in [-0.39, 0.29) is 0 Å². The van der Waals surface area contributed by atoms with Crippen molar-refractivity contribution in [2.75, 3.05) is 0 Å². The van der Waals surface area contributed by atoms with Crippen LogP contribution in [0.5, 0.6) is 0 Å². The largest absolute Gasteiger partial charge is 0.213 e. The molecule has 5 rings (SSSR count). The lowest BCUT2D eigenvalue weighted by atomic mass is 9.97. The Balaban J connectivity index is 1.72. The average Bonchev–Trinajstić information content (AvgIpc) is 2.79. The third-order valence-electron chi connectivity index (χ3n) is 7.85. The molecule has 33 heavy (non-hydrogen) atoms. The second-order valence-electron chi connectivity index (χ2n) is 10.7. The van der Waals surface area contributed by atoms with Gasteiger partial charge in [0, 0.05) is 17.2 Å². The number of aryl methyl sites for hydroxylation is 3. The number of benzene rings is 3. The molecule has 0 aliphatic carbocycles. The Labute approximate surface area is 200 Å². The molecule has 1 nitrogen and oxygen atoms in total. The quantitative estimate of drug-likeness (QED) is 0.305. The maximum atomic E-state index is 2.55. The van der Waals surface area contributed by atoms with Crippen LogP contribution in [0, 0.1) is 13.8 Å². The third kappa shape index (κ3) is 3.37. The number of nitrogens with zero attached hydrogens (tertiary/aromatic N) is 1. The number of hydrogen-bond donors (Lipinski definition) is 0. The third-order valence-corrected chi connectivity index (χ3v) is 15.5. The lowest BCUT2D eigenvalue weighted by molar-refractivity contribution is -0.660. The van der Waals surface area contributed by atoms with Crippen LogP contribution in [0.3, 0.4) is 0 Å². The Hall–Kier alpha value is -2.76. The Morgan fingerprint density at radius 3 is 1.82 bits per heavy atom. The summed E-state index contributed by atoms with van der Waals surface area (Å²) in [6.45, 7) is 14.6. The molecule has 0 amide bonds. The first kappa shape index (κ1) is 22.1. The van der Waals surface area contributed by atoms with Gasteiger partial charge in [0.1, 0.15) is 23.2 Å². The molecule has 0 saturated heterocycles. The molecule has 1 aliphatic rings. The molecule has 0 saturated carbocycles. The van der Waals surface area contributed by atoms with Gasteiger partial charge in [-0.2, -0.15) is 0 Å². The molecule has 0 bridgehead atoms. The van der Waals surface area contributed by atoms with E-state index in [0.29, 0.717) is 0 Å². The van der Waals surface area contributed by atoms with Gasteiger partial charge in [-0.1, -0.05) is 108 Å². The average molecular weight is 465 g/mol. The maximum absolute atomic E-state index is 2.55. The Morgan fingerprint density at radius 2 is 1.15 bits per heavy atom. The van der Waals surface area contributed by atoms with E-state index in [1.807, 2.05) is 0 Å². The van der Waals surface area contributed by atoms with Crippen LogP contribution in [0.4, 0.5) is 0 Å². The van der Waals surface area contributed by atoms with E-state index < -0.39 is 16.1 Å². The number of hydrogen-bond acceptors (Lipinski definition) is 0. The molecular formula is C30H34NSi2+. The van der Waals surface area contributed by atoms with Crippen molar-refractivity contribution in [3.8, 4) is 22.4 Å². The summed E-state index contributed by atoms with van der Waals surface area (Å²) in [7, 11) is -1.32. The van der Waals surface area contributed by atoms with Gasteiger partial charge < -0.3 is 0 Å². The van der Waals surface area contributed by atoms with Crippen molar-refractivity contribution in [2.45, 2.75) is 40.0 Å². The summed E-state index contributed by atoms with van der Waals surface area (Å²) in [5, 5.41) is 6.56. The molecule has 0 fully saturated rings. The summed E-state index contributed by atoms with van der Waals surface area (Å²) < 4.78 is 2.27. The molecule has 0 atom stereocenters.